The molecule has 1 aliphatic rings. The summed E-state index contributed by atoms with van der Waals surface area (Å²) in [7, 11) is 0. The molecule has 3 atom stereocenters. The first-order valence-electron chi connectivity index (χ1n) is 9.33. The van der Waals surface area contributed by atoms with E-state index in [4.69, 9.17) is 11.2 Å². The van der Waals surface area contributed by atoms with Crippen molar-refractivity contribution in [2.24, 2.45) is 17.8 Å². The SMILES string of the molecule is CC(C)[C@@H]1CC[C@H](C)C[C@H]1[PH](Cl)(c1ccccc1)c1ccccc1. The Morgan fingerprint density at radius 3 is 1.83 bits per heavy atom. The molecule has 130 valence electrons. The van der Waals surface area contributed by atoms with Crippen LogP contribution in [0.3, 0.4) is 0 Å². The van der Waals surface area contributed by atoms with Gasteiger partial charge in [0.25, 0.3) is 0 Å². The third-order valence-corrected chi connectivity index (χ3v) is 12.1. The molecule has 0 nitrogen and oxygen atoms in total. The van der Waals surface area contributed by atoms with Gasteiger partial charge in [0.1, 0.15) is 0 Å². The summed E-state index contributed by atoms with van der Waals surface area (Å²) < 4.78 is 0. The van der Waals surface area contributed by atoms with Gasteiger partial charge in [0.15, 0.2) is 0 Å². The van der Waals surface area contributed by atoms with E-state index < -0.39 is 6.62 Å². The van der Waals surface area contributed by atoms with Crippen LogP contribution in [-0.4, -0.2) is 5.66 Å². The van der Waals surface area contributed by atoms with Crippen molar-refractivity contribution in [3.05, 3.63) is 60.7 Å². The topological polar surface area (TPSA) is 0 Å². The minimum absolute atomic E-state index is 0.604. The van der Waals surface area contributed by atoms with Crippen LogP contribution in [0.25, 0.3) is 0 Å². The van der Waals surface area contributed by atoms with Crippen LogP contribution in [0, 0.1) is 17.8 Å². The molecule has 0 spiro atoms. The predicted molar refractivity (Wildman–Crippen MR) is 111 cm³/mol. The van der Waals surface area contributed by atoms with Gasteiger partial charge in [-0.1, -0.05) is 0 Å². The molecular weight excluding hydrogens is 331 g/mol. The van der Waals surface area contributed by atoms with Crippen molar-refractivity contribution in [1.29, 1.82) is 0 Å². The third kappa shape index (κ3) is 3.42. The molecule has 1 aliphatic carbocycles. The van der Waals surface area contributed by atoms with Crippen molar-refractivity contribution in [2.75, 3.05) is 0 Å². The Hall–Kier alpha value is -0.840. The van der Waals surface area contributed by atoms with Gasteiger partial charge >= 0.3 is 153 Å². The molecule has 3 rings (SSSR count). The molecule has 2 aromatic rings. The third-order valence-electron chi connectivity index (χ3n) is 5.92. The van der Waals surface area contributed by atoms with E-state index in [9.17, 15) is 0 Å². The van der Waals surface area contributed by atoms with Crippen LogP contribution < -0.4 is 10.6 Å². The molecule has 1 fully saturated rings. The minimum atomic E-state index is -2.30. The monoisotopic (exact) mass is 360 g/mol. The number of halogens is 1. The first kappa shape index (κ1) is 18.0. The molecule has 24 heavy (non-hydrogen) atoms. The summed E-state index contributed by atoms with van der Waals surface area (Å²) in [5, 5.41) is 2.75. The van der Waals surface area contributed by atoms with Gasteiger partial charge in [-0.25, -0.2) is 0 Å². The van der Waals surface area contributed by atoms with Crippen molar-refractivity contribution in [3.8, 4) is 0 Å². The summed E-state index contributed by atoms with van der Waals surface area (Å²) in [5.41, 5.74) is 0.604. The van der Waals surface area contributed by atoms with E-state index in [2.05, 4.69) is 81.4 Å². The van der Waals surface area contributed by atoms with Crippen molar-refractivity contribution < 1.29 is 0 Å². The summed E-state index contributed by atoms with van der Waals surface area (Å²) in [5.74, 6) is 2.20. The first-order valence-corrected chi connectivity index (χ1v) is 12.4. The Kier molecular flexibility index (Phi) is 5.68. The van der Waals surface area contributed by atoms with Gasteiger partial charge in [0.05, 0.1) is 0 Å². The van der Waals surface area contributed by atoms with Crippen LogP contribution >= 0.6 is 17.9 Å². The fourth-order valence-electron chi connectivity index (χ4n) is 4.62. The average Bonchev–Trinajstić information content (AvgIpc) is 2.62. The zero-order valence-electron chi connectivity index (χ0n) is 15.1. The van der Waals surface area contributed by atoms with Crippen molar-refractivity contribution in [1.82, 2.24) is 0 Å². The summed E-state index contributed by atoms with van der Waals surface area (Å²) in [6.45, 7) is 4.88. The van der Waals surface area contributed by atoms with Gasteiger partial charge in [-0.3, -0.25) is 0 Å². The van der Waals surface area contributed by atoms with Gasteiger partial charge in [0, 0.05) is 0 Å². The summed E-state index contributed by atoms with van der Waals surface area (Å²) in [4.78, 5) is 0. The summed E-state index contributed by atoms with van der Waals surface area (Å²) in [6.07, 6.45) is 3.94. The molecule has 0 amide bonds. The van der Waals surface area contributed by atoms with Crippen LogP contribution in [0.5, 0.6) is 0 Å². The van der Waals surface area contributed by atoms with E-state index in [1.807, 2.05) is 0 Å². The van der Waals surface area contributed by atoms with Gasteiger partial charge in [-0.05, 0) is 0 Å². The first-order chi connectivity index (χ1) is 11.5. The van der Waals surface area contributed by atoms with Gasteiger partial charge in [-0.15, -0.1) is 0 Å². The number of hydrogen-bond donors (Lipinski definition) is 0. The molecule has 0 unspecified atom stereocenters. The maximum absolute atomic E-state index is 7.71. The second-order valence-electron chi connectivity index (χ2n) is 7.88. The van der Waals surface area contributed by atoms with Gasteiger partial charge in [0.2, 0.25) is 0 Å². The molecule has 0 aromatic heterocycles. The Morgan fingerprint density at radius 2 is 1.38 bits per heavy atom. The molecule has 0 radical (unpaired) electrons. The quantitative estimate of drug-likeness (QED) is 0.586. The Bertz CT molecular complexity index is 598. The van der Waals surface area contributed by atoms with Crippen molar-refractivity contribution in [2.45, 2.75) is 45.7 Å². The summed E-state index contributed by atoms with van der Waals surface area (Å²) >= 11 is 7.71. The molecule has 0 saturated heterocycles. The van der Waals surface area contributed by atoms with E-state index in [0.717, 1.165) is 11.8 Å². The van der Waals surface area contributed by atoms with E-state index in [0.29, 0.717) is 11.6 Å². The molecule has 0 heterocycles. The molecule has 1 saturated carbocycles. The molecule has 0 N–H and O–H groups in total. The molecule has 2 heteroatoms. The zero-order chi connectivity index (χ0) is 17.2. The van der Waals surface area contributed by atoms with Crippen molar-refractivity contribution in [3.63, 3.8) is 0 Å². The van der Waals surface area contributed by atoms with E-state index >= 15 is 0 Å². The Balaban J connectivity index is 2.13. The van der Waals surface area contributed by atoms with E-state index in [1.165, 1.54) is 29.9 Å². The maximum atomic E-state index is 7.71. The van der Waals surface area contributed by atoms with Crippen LogP contribution in [0.2, 0.25) is 0 Å². The predicted octanol–water partition coefficient (Wildman–Crippen LogP) is 6.00. The normalized spacial score (nSPS) is 25.6. The summed E-state index contributed by atoms with van der Waals surface area (Å²) in [6, 6.07) is 21.9. The van der Waals surface area contributed by atoms with E-state index in [-0.39, 0.29) is 0 Å². The second kappa shape index (κ2) is 7.59. The van der Waals surface area contributed by atoms with Crippen LogP contribution in [-0.2, 0) is 0 Å². The zero-order valence-corrected chi connectivity index (χ0v) is 16.8. The van der Waals surface area contributed by atoms with E-state index in [1.54, 1.807) is 0 Å². The van der Waals surface area contributed by atoms with Crippen LogP contribution in [0.4, 0.5) is 0 Å². The Morgan fingerprint density at radius 1 is 0.875 bits per heavy atom. The number of benzene rings is 2. The molecule has 2 aromatic carbocycles. The van der Waals surface area contributed by atoms with Crippen LogP contribution in [0.1, 0.15) is 40.0 Å². The average molecular weight is 361 g/mol. The molecular formula is C22H30ClP. The molecule has 0 bridgehead atoms. The van der Waals surface area contributed by atoms with Crippen molar-refractivity contribution >= 4 is 28.5 Å². The fourth-order valence-corrected chi connectivity index (χ4v) is 10.5. The van der Waals surface area contributed by atoms with Gasteiger partial charge < -0.3 is 0 Å². The van der Waals surface area contributed by atoms with Gasteiger partial charge in [-0.2, -0.15) is 0 Å². The number of hydrogen-bond acceptors (Lipinski definition) is 0. The number of rotatable bonds is 4. The fraction of sp³-hybridized carbons (Fsp3) is 0.455. The van der Waals surface area contributed by atoms with Crippen LogP contribution in [0.15, 0.2) is 60.7 Å². The standard InChI is InChI=1S/C22H30ClP/c1-17(2)21-15-14-18(3)16-22(21)24(23,19-10-6-4-7-11-19)20-12-8-5-9-13-20/h4-13,17-18,21-22,24H,14-16H2,1-3H3/t18-,21-,22+/m0/s1. The Labute approximate surface area is 152 Å². The second-order valence-corrected chi connectivity index (χ2v) is 13.0. The molecule has 0 aliphatic heterocycles.